The molecule has 1 aliphatic carbocycles. The van der Waals surface area contributed by atoms with Gasteiger partial charge in [-0.25, -0.2) is 0 Å². The average Bonchev–Trinajstić information content (AvgIpc) is 3.07. The van der Waals surface area contributed by atoms with E-state index >= 15 is 0 Å². The van der Waals surface area contributed by atoms with Gasteiger partial charge in [-0.3, -0.25) is 4.79 Å². The van der Waals surface area contributed by atoms with Crippen LogP contribution in [0.5, 0.6) is 0 Å². The number of rotatable bonds is 9. The zero-order valence-corrected chi connectivity index (χ0v) is 12.3. The summed E-state index contributed by atoms with van der Waals surface area (Å²) < 4.78 is 0. The van der Waals surface area contributed by atoms with Gasteiger partial charge >= 0.3 is 0 Å². The van der Waals surface area contributed by atoms with Crippen molar-refractivity contribution >= 4 is 5.91 Å². The molecule has 4 nitrogen and oxygen atoms in total. The standard InChI is InChI=1S/C14H29N3O/c1-5-17(10-11(2)3)9-8-14(4,13(15)18)16-12-6-7-12/h11-12,16H,5-10H2,1-4H3,(H2,15,18). The Kier molecular flexibility index (Phi) is 5.60. The molecule has 0 aromatic rings. The lowest BCUT2D eigenvalue weighted by Gasteiger charge is -2.31. The van der Waals surface area contributed by atoms with Crippen LogP contribution >= 0.6 is 0 Å². The summed E-state index contributed by atoms with van der Waals surface area (Å²) in [6, 6.07) is 0.502. The highest BCUT2D eigenvalue weighted by Gasteiger charge is 2.36. The van der Waals surface area contributed by atoms with Crippen LogP contribution in [0.25, 0.3) is 0 Å². The van der Waals surface area contributed by atoms with Gasteiger partial charge in [0.05, 0.1) is 5.54 Å². The van der Waals surface area contributed by atoms with Crippen molar-refractivity contribution in [3.8, 4) is 0 Å². The van der Waals surface area contributed by atoms with Crippen molar-refractivity contribution in [2.24, 2.45) is 11.7 Å². The van der Waals surface area contributed by atoms with Gasteiger partial charge < -0.3 is 16.0 Å². The molecule has 0 heterocycles. The molecule has 0 saturated heterocycles. The normalized spacial score (nSPS) is 19.2. The van der Waals surface area contributed by atoms with Crippen LogP contribution in [0, 0.1) is 5.92 Å². The van der Waals surface area contributed by atoms with Gasteiger partial charge in [0.15, 0.2) is 0 Å². The van der Waals surface area contributed by atoms with Crippen molar-refractivity contribution < 1.29 is 4.79 Å². The summed E-state index contributed by atoms with van der Waals surface area (Å²) in [5, 5.41) is 3.40. The molecule has 0 radical (unpaired) electrons. The minimum Gasteiger partial charge on any atom is -0.368 e. The first-order valence-electron chi connectivity index (χ1n) is 7.17. The van der Waals surface area contributed by atoms with Crippen molar-refractivity contribution in [2.45, 2.75) is 58.5 Å². The van der Waals surface area contributed by atoms with E-state index in [0.29, 0.717) is 12.0 Å². The Balaban J connectivity index is 2.46. The Bertz CT molecular complexity index is 276. The highest BCUT2D eigenvalue weighted by molar-refractivity contribution is 5.84. The third-order valence-corrected chi connectivity index (χ3v) is 3.64. The smallest absolute Gasteiger partial charge is 0.237 e. The monoisotopic (exact) mass is 255 g/mol. The van der Waals surface area contributed by atoms with Crippen molar-refractivity contribution in [3.63, 3.8) is 0 Å². The highest BCUT2D eigenvalue weighted by atomic mass is 16.1. The second-order valence-electron chi connectivity index (χ2n) is 6.15. The van der Waals surface area contributed by atoms with E-state index in [9.17, 15) is 4.79 Å². The van der Waals surface area contributed by atoms with Gasteiger partial charge in [-0.1, -0.05) is 20.8 Å². The molecule has 18 heavy (non-hydrogen) atoms. The predicted molar refractivity (Wildman–Crippen MR) is 75.3 cm³/mol. The van der Waals surface area contributed by atoms with Crippen molar-refractivity contribution in [3.05, 3.63) is 0 Å². The number of nitrogens with zero attached hydrogens (tertiary/aromatic N) is 1. The number of primary amides is 1. The van der Waals surface area contributed by atoms with Gasteiger partial charge in [0.1, 0.15) is 0 Å². The van der Waals surface area contributed by atoms with E-state index < -0.39 is 5.54 Å². The Labute approximate surface area is 111 Å². The maximum absolute atomic E-state index is 11.6. The number of nitrogens with one attached hydrogen (secondary N) is 1. The summed E-state index contributed by atoms with van der Waals surface area (Å²) in [6.07, 6.45) is 3.14. The van der Waals surface area contributed by atoms with Crippen molar-refractivity contribution in [1.82, 2.24) is 10.2 Å². The highest BCUT2D eigenvalue weighted by Crippen LogP contribution is 2.24. The van der Waals surface area contributed by atoms with Crippen LogP contribution in [0.4, 0.5) is 0 Å². The molecule has 4 heteroatoms. The van der Waals surface area contributed by atoms with Gasteiger partial charge in [0.2, 0.25) is 5.91 Å². The molecule has 106 valence electrons. The lowest BCUT2D eigenvalue weighted by molar-refractivity contribution is -0.124. The Morgan fingerprint density at radius 2 is 2.11 bits per heavy atom. The van der Waals surface area contributed by atoms with Crippen LogP contribution in [0.3, 0.4) is 0 Å². The Morgan fingerprint density at radius 1 is 1.50 bits per heavy atom. The number of carbonyl (C=O) groups excluding carboxylic acids is 1. The lowest BCUT2D eigenvalue weighted by atomic mass is 9.96. The minimum atomic E-state index is -0.550. The molecule has 1 amide bonds. The van der Waals surface area contributed by atoms with E-state index in [1.807, 2.05) is 6.92 Å². The quantitative estimate of drug-likeness (QED) is 0.654. The molecule has 1 aliphatic rings. The molecule has 0 bridgehead atoms. The maximum atomic E-state index is 11.6. The van der Waals surface area contributed by atoms with E-state index in [-0.39, 0.29) is 5.91 Å². The molecule has 1 rings (SSSR count). The first-order chi connectivity index (χ1) is 8.37. The maximum Gasteiger partial charge on any atom is 0.237 e. The molecule has 1 unspecified atom stereocenters. The number of amides is 1. The SMILES string of the molecule is CCN(CCC(C)(NC1CC1)C(N)=O)CC(C)C. The zero-order valence-electron chi connectivity index (χ0n) is 12.3. The summed E-state index contributed by atoms with van der Waals surface area (Å²) in [5.74, 6) is 0.427. The zero-order chi connectivity index (χ0) is 13.8. The summed E-state index contributed by atoms with van der Waals surface area (Å²) in [4.78, 5) is 14.0. The molecule has 0 aliphatic heterocycles. The van der Waals surface area contributed by atoms with Crippen LogP contribution in [0.1, 0.15) is 47.0 Å². The first-order valence-corrected chi connectivity index (χ1v) is 7.17. The molecule has 1 fully saturated rings. The number of carbonyl (C=O) groups is 1. The minimum absolute atomic E-state index is 0.227. The fourth-order valence-electron chi connectivity index (χ4n) is 2.22. The predicted octanol–water partition coefficient (Wildman–Crippen LogP) is 1.35. The molecule has 0 aromatic heterocycles. The molecule has 1 saturated carbocycles. The van der Waals surface area contributed by atoms with Crippen LogP contribution in [-0.4, -0.2) is 42.0 Å². The van der Waals surface area contributed by atoms with Gasteiger partial charge in [-0.05, 0) is 38.6 Å². The van der Waals surface area contributed by atoms with Gasteiger partial charge in [0.25, 0.3) is 0 Å². The van der Waals surface area contributed by atoms with Crippen LogP contribution in [-0.2, 0) is 4.79 Å². The van der Waals surface area contributed by atoms with E-state index in [1.165, 1.54) is 12.8 Å². The molecular weight excluding hydrogens is 226 g/mol. The second kappa shape index (κ2) is 6.53. The van der Waals surface area contributed by atoms with Crippen molar-refractivity contribution in [2.75, 3.05) is 19.6 Å². The summed E-state index contributed by atoms with van der Waals surface area (Å²) in [7, 11) is 0. The molecule has 1 atom stereocenters. The molecule has 0 spiro atoms. The molecule has 0 aromatic carbocycles. The van der Waals surface area contributed by atoms with E-state index in [2.05, 4.69) is 31.0 Å². The number of hydrogen-bond donors (Lipinski definition) is 2. The van der Waals surface area contributed by atoms with Gasteiger partial charge in [-0.2, -0.15) is 0 Å². The number of nitrogens with two attached hydrogens (primary N) is 1. The molecular formula is C14H29N3O. The van der Waals surface area contributed by atoms with Crippen LogP contribution in [0.2, 0.25) is 0 Å². The summed E-state index contributed by atoms with van der Waals surface area (Å²) >= 11 is 0. The molecule has 3 N–H and O–H groups in total. The lowest BCUT2D eigenvalue weighted by Crippen LogP contribution is -2.55. The van der Waals surface area contributed by atoms with Crippen molar-refractivity contribution in [1.29, 1.82) is 0 Å². The van der Waals surface area contributed by atoms with Gasteiger partial charge in [-0.15, -0.1) is 0 Å². The summed E-state index contributed by atoms with van der Waals surface area (Å²) in [6.45, 7) is 11.6. The van der Waals surface area contributed by atoms with E-state index in [0.717, 1.165) is 26.1 Å². The van der Waals surface area contributed by atoms with Gasteiger partial charge in [0, 0.05) is 19.1 Å². The topological polar surface area (TPSA) is 58.4 Å². The third kappa shape index (κ3) is 4.94. The largest absolute Gasteiger partial charge is 0.368 e. The second-order valence-corrected chi connectivity index (χ2v) is 6.15. The van der Waals surface area contributed by atoms with E-state index in [1.54, 1.807) is 0 Å². The Hall–Kier alpha value is -0.610. The number of hydrogen-bond acceptors (Lipinski definition) is 3. The van der Waals surface area contributed by atoms with E-state index in [4.69, 9.17) is 5.73 Å². The fourth-order valence-corrected chi connectivity index (χ4v) is 2.22. The Morgan fingerprint density at radius 3 is 2.50 bits per heavy atom. The summed E-state index contributed by atoms with van der Waals surface area (Å²) in [5.41, 5.74) is 5.01. The first kappa shape index (κ1) is 15.4. The van der Waals surface area contributed by atoms with Crippen LogP contribution < -0.4 is 11.1 Å². The van der Waals surface area contributed by atoms with Crippen LogP contribution in [0.15, 0.2) is 0 Å². The average molecular weight is 255 g/mol. The third-order valence-electron chi connectivity index (χ3n) is 3.64. The fraction of sp³-hybridized carbons (Fsp3) is 0.929.